The van der Waals surface area contributed by atoms with Crippen LogP contribution in [0.25, 0.3) is 0 Å². The maximum atomic E-state index is 12.4. The number of halogens is 1. The fraction of sp³-hybridized carbons (Fsp3) is 0.333. The van der Waals surface area contributed by atoms with E-state index in [-0.39, 0.29) is 6.03 Å². The summed E-state index contributed by atoms with van der Waals surface area (Å²) in [6.07, 6.45) is 2.51. The number of nitrogens with zero attached hydrogens (tertiary/aromatic N) is 2. The van der Waals surface area contributed by atoms with E-state index in [0.717, 1.165) is 33.5 Å². The standard InChI is InChI=1S/C18H20BrN3O2/c1-13-3-2-7-20-16(13)6-8-21-18(23)22-9-10-24-17-11-15(19)5-4-14(17)12-22/h2-5,7,11H,6,8-10,12H2,1H3,(H,21,23). The molecular weight excluding hydrogens is 370 g/mol. The minimum Gasteiger partial charge on any atom is -0.491 e. The quantitative estimate of drug-likeness (QED) is 0.875. The number of urea groups is 1. The van der Waals surface area contributed by atoms with Gasteiger partial charge in [0.05, 0.1) is 13.1 Å². The highest BCUT2D eigenvalue weighted by Gasteiger charge is 2.19. The number of nitrogens with one attached hydrogen (secondary N) is 1. The minimum atomic E-state index is -0.0667. The van der Waals surface area contributed by atoms with E-state index >= 15 is 0 Å². The molecule has 0 saturated carbocycles. The number of aromatic nitrogens is 1. The first-order valence-electron chi connectivity index (χ1n) is 7.98. The van der Waals surface area contributed by atoms with Gasteiger partial charge in [-0.3, -0.25) is 4.98 Å². The summed E-state index contributed by atoms with van der Waals surface area (Å²) in [6, 6.07) is 9.79. The lowest BCUT2D eigenvalue weighted by atomic mass is 10.1. The van der Waals surface area contributed by atoms with Crippen LogP contribution in [-0.2, 0) is 13.0 Å². The monoisotopic (exact) mass is 389 g/mol. The Hall–Kier alpha value is -2.08. The van der Waals surface area contributed by atoms with Gasteiger partial charge in [-0.15, -0.1) is 0 Å². The molecule has 1 aromatic carbocycles. The second-order valence-corrected chi connectivity index (χ2v) is 6.69. The van der Waals surface area contributed by atoms with Gasteiger partial charge < -0.3 is 15.0 Å². The van der Waals surface area contributed by atoms with Gasteiger partial charge in [0, 0.05) is 34.9 Å². The molecule has 1 aromatic heterocycles. The molecule has 2 amide bonds. The van der Waals surface area contributed by atoms with Gasteiger partial charge in [-0.25, -0.2) is 4.79 Å². The van der Waals surface area contributed by atoms with Crippen molar-refractivity contribution in [1.82, 2.24) is 15.2 Å². The highest BCUT2D eigenvalue weighted by molar-refractivity contribution is 9.10. The Morgan fingerprint density at radius 1 is 1.42 bits per heavy atom. The first kappa shape index (κ1) is 16.8. The lowest BCUT2D eigenvalue weighted by Crippen LogP contribution is -2.41. The summed E-state index contributed by atoms with van der Waals surface area (Å²) >= 11 is 3.44. The predicted molar refractivity (Wildman–Crippen MR) is 96.1 cm³/mol. The summed E-state index contributed by atoms with van der Waals surface area (Å²) in [5.74, 6) is 0.837. The first-order chi connectivity index (χ1) is 11.6. The summed E-state index contributed by atoms with van der Waals surface area (Å²) in [7, 11) is 0. The van der Waals surface area contributed by atoms with Crippen LogP contribution in [0.2, 0.25) is 0 Å². The van der Waals surface area contributed by atoms with Gasteiger partial charge in [0.2, 0.25) is 0 Å². The normalized spacial score (nSPS) is 13.7. The van der Waals surface area contributed by atoms with E-state index in [1.54, 1.807) is 11.1 Å². The van der Waals surface area contributed by atoms with Crippen LogP contribution in [0.5, 0.6) is 5.75 Å². The SMILES string of the molecule is Cc1cccnc1CCNC(=O)N1CCOc2cc(Br)ccc2C1. The lowest BCUT2D eigenvalue weighted by molar-refractivity contribution is 0.188. The third kappa shape index (κ3) is 4.06. The lowest BCUT2D eigenvalue weighted by Gasteiger charge is -2.20. The molecule has 2 aromatic rings. The van der Waals surface area contributed by atoms with Crippen molar-refractivity contribution in [2.45, 2.75) is 19.9 Å². The van der Waals surface area contributed by atoms with Crippen LogP contribution in [0.4, 0.5) is 4.79 Å². The molecule has 0 aliphatic carbocycles. The van der Waals surface area contributed by atoms with Crippen molar-refractivity contribution in [2.24, 2.45) is 0 Å². The molecule has 0 spiro atoms. The Morgan fingerprint density at radius 2 is 2.29 bits per heavy atom. The van der Waals surface area contributed by atoms with E-state index in [1.165, 1.54) is 0 Å². The number of hydrogen-bond donors (Lipinski definition) is 1. The first-order valence-corrected chi connectivity index (χ1v) is 8.77. The van der Waals surface area contributed by atoms with Gasteiger partial charge in [-0.2, -0.15) is 0 Å². The second kappa shape index (κ2) is 7.66. The van der Waals surface area contributed by atoms with E-state index in [9.17, 15) is 4.79 Å². The molecule has 126 valence electrons. The van der Waals surface area contributed by atoms with Crippen LogP contribution in [-0.4, -0.2) is 35.6 Å². The molecule has 0 unspecified atom stereocenters. The number of carbonyl (C=O) groups excluding carboxylic acids is 1. The van der Waals surface area contributed by atoms with Crippen molar-refractivity contribution in [3.05, 3.63) is 57.8 Å². The molecule has 0 radical (unpaired) electrons. The Bertz CT molecular complexity index is 736. The van der Waals surface area contributed by atoms with Crippen LogP contribution in [0.3, 0.4) is 0 Å². The van der Waals surface area contributed by atoms with Gasteiger partial charge in [0.25, 0.3) is 0 Å². The summed E-state index contributed by atoms with van der Waals surface area (Å²) < 4.78 is 6.71. The topological polar surface area (TPSA) is 54.5 Å². The molecule has 0 atom stereocenters. The van der Waals surface area contributed by atoms with Crippen LogP contribution >= 0.6 is 15.9 Å². The van der Waals surface area contributed by atoms with E-state index in [4.69, 9.17) is 4.74 Å². The Balaban J connectivity index is 1.57. The smallest absolute Gasteiger partial charge is 0.317 e. The van der Waals surface area contributed by atoms with Crippen molar-refractivity contribution >= 4 is 22.0 Å². The molecule has 6 heteroatoms. The number of benzene rings is 1. The largest absolute Gasteiger partial charge is 0.491 e. The molecule has 0 bridgehead atoms. The zero-order valence-corrected chi connectivity index (χ0v) is 15.2. The van der Waals surface area contributed by atoms with E-state index in [0.29, 0.717) is 26.2 Å². The summed E-state index contributed by atoms with van der Waals surface area (Å²) in [5.41, 5.74) is 3.19. The number of aryl methyl sites for hydroxylation is 1. The zero-order chi connectivity index (χ0) is 16.9. The number of pyridine rings is 1. The number of ether oxygens (including phenoxy) is 1. The van der Waals surface area contributed by atoms with E-state index in [1.807, 2.05) is 37.3 Å². The van der Waals surface area contributed by atoms with Crippen molar-refractivity contribution < 1.29 is 9.53 Å². The number of hydrogen-bond acceptors (Lipinski definition) is 3. The third-order valence-electron chi connectivity index (χ3n) is 4.05. The molecule has 1 aliphatic heterocycles. The molecule has 1 N–H and O–H groups in total. The van der Waals surface area contributed by atoms with Crippen LogP contribution in [0.1, 0.15) is 16.8 Å². The maximum absolute atomic E-state index is 12.4. The average molecular weight is 390 g/mol. The van der Waals surface area contributed by atoms with E-state index in [2.05, 4.69) is 26.2 Å². The molecule has 0 saturated heterocycles. The zero-order valence-electron chi connectivity index (χ0n) is 13.6. The van der Waals surface area contributed by atoms with Gasteiger partial charge in [0.1, 0.15) is 12.4 Å². The molecule has 2 heterocycles. The van der Waals surface area contributed by atoms with Gasteiger partial charge in [0.15, 0.2) is 0 Å². The molecule has 3 rings (SSSR count). The predicted octanol–water partition coefficient (Wildman–Crippen LogP) is 3.30. The van der Waals surface area contributed by atoms with Crippen LogP contribution < -0.4 is 10.1 Å². The van der Waals surface area contributed by atoms with Gasteiger partial charge in [-0.1, -0.05) is 28.1 Å². The van der Waals surface area contributed by atoms with Crippen LogP contribution in [0.15, 0.2) is 41.0 Å². The average Bonchev–Trinajstić information content (AvgIpc) is 2.78. The Labute approximate surface area is 150 Å². The molecule has 0 fully saturated rings. The van der Waals surface area contributed by atoms with Gasteiger partial charge >= 0.3 is 6.03 Å². The summed E-state index contributed by atoms with van der Waals surface area (Å²) in [4.78, 5) is 18.6. The number of amides is 2. The fourth-order valence-electron chi connectivity index (χ4n) is 2.70. The third-order valence-corrected chi connectivity index (χ3v) is 4.55. The number of fused-ring (bicyclic) bond motifs is 1. The molecular formula is C18H20BrN3O2. The summed E-state index contributed by atoms with van der Waals surface area (Å²) in [5, 5.41) is 2.98. The van der Waals surface area contributed by atoms with Gasteiger partial charge in [-0.05, 0) is 30.7 Å². The molecule has 1 aliphatic rings. The number of carbonyl (C=O) groups is 1. The van der Waals surface area contributed by atoms with Crippen molar-refractivity contribution in [3.8, 4) is 5.75 Å². The van der Waals surface area contributed by atoms with Crippen LogP contribution in [0, 0.1) is 6.92 Å². The summed E-state index contributed by atoms with van der Waals surface area (Å²) in [6.45, 7) is 4.22. The maximum Gasteiger partial charge on any atom is 0.317 e. The highest BCUT2D eigenvalue weighted by Crippen LogP contribution is 2.26. The molecule has 5 nitrogen and oxygen atoms in total. The van der Waals surface area contributed by atoms with E-state index < -0.39 is 0 Å². The van der Waals surface area contributed by atoms with Crippen molar-refractivity contribution in [2.75, 3.05) is 19.7 Å². The Kier molecular flexibility index (Phi) is 5.35. The van der Waals surface area contributed by atoms with Crippen molar-refractivity contribution in [3.63, 3.8) is 0 Å². The second-order valence-electron chi connectivity index (χ2n) is 5.77. The Morgan fingerprint density at radius 3 is 3.12 bits per heavy atom. The number of rotatable bonds is 3. The minimum absolute atomic E-state index is 0.0667. The fourth-order valence-corrected chi connectivity index (χ4v) is 3.04. The van der Waals surface area contributed by atoms with Crippen molar-refractivity contribution in [1.29, 1.82) is 0 Å². The molecule has 24 heavy (non-hydrogen) atoms. The highest BCUT2D eigenvalue weighted by atomic mass is 79.9.